The molecule has 0 saturated carbocycles. The lowest BCUT2D eigenvalue weighted by atomic mass is 9.97. The average molecular weight is 315 g/mol. The van der Waals surface area contributed by atoms with E-state index in [4.69, 9.17) is 9.47 Å². The van der Waals surface area contributed by atoms with Crippen molar-refractivity contribution in [2.24, 2.45) is 0 Å². The maximum absolute atomic E-state index is 12.8. The van der Waals surface area contributed by atoms with Crippen LogP contribution in [0, 0.1) is 0 Å². The van der Waals surface area contributed by atoms with Crippen LogP contribution in [0.1, 0.15) is 29.7 Å². The summed E-state index contributed by atoms with van der Waals surface area (Å²) in [5, 5.41) is 7.04. The molecule has 1 aromatic carbocycles. The molecule has 1 aliphatic heterocycles. The van der Waals surface area contributed by atoms with Crippen molar-refractivity contribution in [2.75, 3.05) is 20.8 Å². The molecule has 23 heavy (non-hydrogen) atoms. The van der Waals surface area contributed by atoms with Gasteiger partial charge in [-0.1, -0.05) is 6.07 Å². The predicted octanol–water partition coefficient (Wildman–Crippen LogP) is 2.12. The van der Waals surface area contributed by atoms with E-state index in [9.17, 15) is 4.79 Å². The lowest BCUT2D eigenvalue weighted by molar-refractivity contribution is -0.133. The number of rotatable bonds is 4. The van der Waals surface area contributed by atoms with E-state index in [1.807, 2.05) is 30.0 Å². The first kappa shape index (κ1) is 15.4. The standard InChI is InChI=1S/C17H21N3O3/c1-11(12-4-5-15(22-2)16(8-12)23-3)17(21)20-7-6-14-13(10-20)9-18-19-14/h4-5,8-9,11H,6-7,10H2,1-3H3,(H,18,19)/t11-/m1/s1. The Kier molecular flexibility index (Phi) is 4.23. The molecule has 0 aliphatic carbocycles. The van der Waals surface area contributed by atoms with Gasteiger partial charge in [0.2, 0.25) is 5.91 Å². The van der Waals surface area contributed by atoms with Gasteiger partial charge >= 0.3 is 0 Å². The molecule has 0 bridgehead atoms. The topological polar surface area (TPSA) is 67.5 Å². The Morgan fingerprint density at radius 2 is 2.09 bits per heavy atom. The summed E-state index contributed by atoms with van der Waals surface area (Å²) in [6.07, 6.45) is 2.62. The number of amides is 1. The van der Waals surface area contributed by atoms with Crippen LogP contribution < -0.4 is 9.47 Å². The first-order valence-electron chi connectivity index (χ1n) is 7.66. The Morgan fingerprint density at radius 1 is 1.30 bits per heavy atom. The van der Waals surface area contributed by atoms with Gasteiger partial charge in [0.05, 0.1) is 26.3 Å². The van der Waals surface area contributed by atoms with Crippen molar-refractivity contribution >= 4 is 5.91 Å². The maximum atomic E-state index is 12.8. The fraction of sp³-hybridized carbons (Fsp3) is 0.412. The molecule has 0 fully saturated rings. The zero-order valence-electron chi connectivity index (χ0n) is 13.6. The molecule has 6 heteroatoms. The summed E-state index contributed by atoms with van der Waals surface area (Å²) in [5.41, 5.74) is 3.16. The highest BCUT2D eigenvalue weighted by molar-refractivity contribution is 5.83. The van der Waals surface area contributed by atoms with Gasteiger partial charge in [0, 0.05) is 30.8 Å². The molecular formula is C17H21N3O3. The number of nitrogens with one attached hydrogen (secondary N) is 1. The number of ether oxygens (including phenoxy) is 2. The van der Waals surface area contributed by atoms with E-state index in [0.717, 1.165) is 23.2 Å². The molecule has 1 aliphatic rings. The van der Waals surface area contributed by atoms with E-state index < -0.39 is 0 Å². The van der Waals surface area contributed by atoms with Gasteiger partial charge in [-0.25, -0.2) is 0 Å². The molecular weight excluding hydrogens is 294 g/mol. The molecule has 0 radical (unpaired) electrons. The smallest absolute Gasteiger partial charge is 0.230 e. The Bertz CT molecular complexity index is 711. The molecule has 2 aromatic rings. The number of nitrogens with zero attached hydrogens (tertiary/aromatic N) is 2. The summed E-state index contributed by atoms with van der Waals surface area (Å²) in [5.74, 6) is 1.18. The number of benzene rings is 1. The highest BCUT2D eigenvalue weighted by atomic mass is 16.5. The third-order valence-corrected chi connectivity index (χ3v) is 4.39. The van der Waals surface area contributed by atoms with E-state index in [1.54, 1.807) is 20.4 Å². The number of H-pyrrole nitrogens is 1. The Labute approximate surface area is 135 Å². The highest BCUT2D eigenvalue weighted by Crippen LogP contribution is 2.31. The first-order valence-corrected chi connectivity index (χ1v) is 7.66. The summed E-state index contributed by atoms with van der Waals surface area (Å²) in [4.78, 5) is 14.7. The van der Waals surface area contributed by atoms with E-state index >= 15 is 0 Å². The molecule has 2 heterocycles. The van der Waals surface area contributed by atoms with E-state index in [-0.39, 0.29) is 11.8 Å². The van der Waals surface area contributed by atoms with Gasteiger partial charge in [0.1, 0.15) is 0 Å². The van der Waals surface area contributed by atoms with E-state index in [2.05, 4.69) is 10.2 Å². The number of methoxy groups -OCH3 is 2. The number of aromatic nitrogens is 2. The molecule has 0 unspecified atom stereocenters. The molecule has 1 atom stereocenters. The Balaban J connectivity index is 1.78. The van der Waals surface area contributed by atoms with Crippen LogP contribution >= 0.6 is 0 Å². The van der Waals surface area contributed by atoms with Crippen LogP contribution in [0.4, 0.5) is 0 Å². The van der Waals surface area contributed by atoms with Crippen LogP contribution in [0.5, 0.6) is 11.5 Å². The van der Waals surface area contributed by atoms with E-state index in [0.29, 0.717) is 24.6 Å². The second-order valence-corrected chi connectivity index (χ2v) is 5.72. The molecule has 1 amide bonds. The van der Waals surface area contributed by atoms with Crippen molar-refractivity contribution in [1.29, 1.82) is 0 Å². The van der Waals surface area contributed by atoms with Crippen molar-refractivity contribution in [3.05, 3.63) is 41.2 Å². The monoisotopic (exact) mass is 315 g/mol. The lowest BCUT2D eigenvalue weighted by Crippen LogP contribution is -2.38. The largest absolute Gasteiger partial charge is 0.493 e. The SMILES string of the molecule is COc1ccc([C@@H](C)C(=O)N2CCc3[nH]ncc3C2)cc1OC. The summed E-state index contributed by atoms with van der Waals surface area (Å²) in [7, 11) is 3.20. The molecule has 3 rings (SSSR count). The minimum atomic E-state index is -0.233. The quantitative estimate of drug-likeness (QED) is 0.938. The van der Waals surface area contributed by atoms with Gasteiger partial charge < -0.3 is 14.4 Å². The minimum absolute atomic E-state index is 0.115. The van der Waals surface area contributed by atoms with Crippen LogP contribution in [0.2, 0.25) is 0 Å². The van der Waals surface area contributed by atoms with Crippen LogP contribution in [-0.4, -0.2) is 41.8 Å². The van der Waals surface area contributed by atoms with Crippen LogP contribution in [0.3, 0.4) is 0 Å². The van der Waals surface area contributed by atoms with E-state index in [1.165, 1.54) is 0 Å². The molecule has 1 N–H and O–H groups in total. The Hall–Kier alpha value is -2.50. The molecule has 0 saturated heterocycles. The van der Waals surface area contributed by atoms with Gasteiger partial charge in [-0.05, 0) is 24.6 Å². The second kappa shape index (κ2) is 6.32. The molecule has 6 nitrogen and oxygen atoms in total. The lowest BCUT2D eigenvalue weighted by Gasteiger charge is -2.29. The maximum Gasteiger partial charge on any atom is 0.230 e. The number of hydrogen-bond donors (Lipinski definition) is 1. The van der Waals surface area contributed by atoms with Crippen LogP contribution in [-0.2, 0) is 17.8 Å². The van der Waals surface area contributed by atoms with Crippen molar-refractivity contribution in [3.63, 3.8) is 0 Å². The summed E-state index contributed by atoms with van der Waals surface area (Å²) >= 11 is 0. The summed E-state index contributed by atoms with van der Waals surface area (Å²) in [6, 6.07) is 5.62. The van der Waals surface area contributed by atoms with Gasteiger partial charge in [0.25, 0.3) is 0 Å². The fourth-order valence-corrected chi connectivity index (χ4v) is 2.95. The Morgan fingerprint density at radius 3 is 2.83 bits per heavy atom. The fourth-order valence-electron chi connectivity index (χ4n) is 2.95. The third-order valence-electron chi connectivity index (χ3n) is 4.39. The number of carbonyl (C=O) groups is 1. The number of hydrogen-bond acceptors (Lipinski definition) is 4. The molecule has 1 aromatic heterocycles. The predicted molar refractivity (Wildman–Crippen MR) is 85.7 cm³/mol. The van der Waals surface area contributed by atoms with Gasteiger partial charge in [-0.2, -0.15) is 5.10 Å². The molecule has 122 valence electrons. The first-order chi connectivity index (χ1) is 11.1. The zero-order chi connectivity index (χ0) is 16.4. The highest BCUT2D eigenvalue weighted by Gasteiger charge is 2.27. The number of carbonyl (C=O) groups excluding carboxylic acids is 1. The van der Waals surface area contributed by atoms with Gasteiger partial charge in [-0.15, -0.1) is 0 Å². The zero-order valence-corrected chi connectivity index (χ0v) is 13.6. The van der Waals surface area contributed by atoms with Crippen LogP contribution in [0.25, 0.3) is 0 Å². The number of fused-ring (bicyclic) bond motifs is 1. The minimum Gasteiger partial charge on any atom is -0.493 e. The third kappa shape index (κ3) is 2.88. The van der Waals surface area contributed by atoms with Gasteiger partial charge in [0.15, 0.2) is 11.5 Å². The summed E-state index contributed by atoms with van der Waals surface area (Å²) < 4.78 is 10.6. The van der Waals surface area contributed by atoms with Crippen molar-refractivity contribution in [2.45, 2.75) is 25.8 Å². The normalized spacial score (nSPS) is 15.0. The van der Waals surface area contributed by atoms with Crippen molar-refractivity contribution in [1.82, 2.24) is 15.1 Å². The van der Waals surface area contributed by atoms with Gasteiger partial charge in [-0.3, -0.25) is 9.89 Å². The molecule has 0 spiro atoms. The number of aromatic amines is 1. The van der Waals surface area contributed by atoms with Crippen molar-refractivity contribution in [3.8, 4) is 11.5 Å². The second-order valence-electron chi connectivity index (χ2n) is 5.72. The van der Waals surface area contributed by atoms with Crippen LogP contribution in [0.15, 0.2) is 24.4 Å². The average Bonchev–Trinajstić information content (AvgIpc) is 3.07. The summed E-state index contributed by atoms with van der Waals surface area (Å²) in [6.45, 7) is 3.25. The van der Waals surface area contributed by atoms with Crippen molar-refractivity contribution < 1.29 is 14.3 Å².